The van der Waals surface area contributed by atoms with Gasteiger partial charge in [-0.1, -0.05) is 17.7 Å². The normalized spacial score (nSPS) is 15.2. The van der Waals surface area contributed by atoms with E-state index in [-0.39, 0.29) is 37.0 Å². The van der Waals surface area contributed by atoms with Crippen molar-refractivity contribution in [1.82, 2.24) is 9.21 Å². The van der Waals surface area contributed by atoms with E-state index in [0.29, 0.717) is 28.7 Å². The number of sulfonamides is 1. The van der Waals surface area contributed by atoms with Gasteiger partial charge < -0.3 is 14.4 Å². The molecule has 1 aliphatic rings. The van der Waals surface area contributed by atoms with Gasteiger partial charge in [-0.3, -0.25) is 4.79 Å². The van der Waals surface area contributed by atoms with Crippen LogP contribution in [0.15, 0.2) is 47.4 Å². The van der Waals surface area contributed by atoms with Crippen molar-refractivity contribution in [3.8, 4) is 11.5 Å². The molecule has 1 saturated heterocycles. The number of ether oxygens (including phenoxy) is 2. The van der Waals surface area contributed by atoms with Crippen molar-refractivity contribution in [3.05, 3.63) is 58.9 Å². The van der Waals surface area contributed by atoms with Gasteiger partial charge in [0, 0.05) is 32.3 Å². The summed E-state index contributed by atoms with van der Waals surface area (Å²) in [5, 5.41) is 0.370. The molecule has 0 N–H and O–H groups in total. The van der Waals surface area contributed by atoms with Crippen molar-refractivity contribution >= 4 is 33.6 Å². The molecule has 7 nitrogen and oxygen atoms in total. The first-order valence-corrected chi connectivity index (χ1v) is 11.8. The molecule has 10 heteroatoms. The summed E-state index contributed by atoms with van der Waals surface area (Å²) in [5.74, 6) is 0.0335. The maximum absolute atomic E-state index is 13.4. The maximum atomic E-state index is 13.4. The van der Waals surface area contributed by atoms with Crippen LogP contribution in [0.25, 0.3) is 6.08 Å². The highest BCUT2D eigenvalue weighted by Gasteiger charge is 2.29. The minimum Gasteiger partial charge on any atom is -0.493 e. The SMILES string of the molecule is CCOc1c(Cl)cc(/C=C/C(=O)N2CCN(S(=O)(=O)c3cccc(F)c3)CC2)cc1OC. The minimum atomic E-state index is -3.81. The zero-order valence-electron chi connectivity index (χ0n) is 17.8. The summed E-state index contributed by atoms with van der Waals surface area (Å²) < 4.78 is 50.9. The molecular weight excluding hydrogens is 459 g/mol. The number of halogens is 2. The van der Waals surface area contributed by atoms with Gasteiger partial charge in [-0.05, 0) is 48.9 Å². The molecule has 3 rings (SSSR count). The molecular formula is C22H24ClFN2O5S. The lowest BCUT2D eigenvalue weighted by atomic mass is 10.1. The van der Waals surface area contributed by atoms with Gasteiger partial charge in [0.15, 0.2) is 11.5 Å². The van der Waals surface area contributed by atoms with Crippen LogP contribution in [-0.4, -0.2) is 63.4 Å². The number of rotatable bonds is 7. The van der Waals surface area contributed by atoms with Crippen LogP contribution in [0.5, 0.6) is 11.5 Å². The summed E-state index contributed by atoms with van der Waals surface area (Å²) in [6, 6.07) is 8.28. The lowest BCUT2D eigenvalue weighted by Gasteiger charge is -2.33. The number of benzene rings is 2. The van der Waals surface area contributed by atoms with Crippen LogP contribution in [-0.2, 0) is 14.8 Å². The second-order valence-electron chi connectivity index (χ2n) is 6.99. The Hall–Kier alpha value is -2.62. The Kier molecular flexibility index (Phi) is 7.76. The summed E-state index contributed by atoms with van der Waals surface area (Å²) in [6.07, 6.45) is 3.02. The highest BCUT2D eigenvalue weighted by atomic mass is 35.5. The van der Waals surface area contributed by atoms with Crippen LogP contribution < -0.4 is 9.47 Å². The van der Waals surface area contributed by atoms with E-state index in [4.69, 9.17) is 21.1 Å². The first kappa shape index (κ1) is 24.0. The van der Waals surface area contributed by atoms with Crippen molar-refractivity contribution < 1.29 is 27.1 Å². The first-order chi connectivity index (χ1) is 15.3. The third-order valence-corrected chi connectivity index (χ3v) is 7.12. The van der Waals surface area contributed by atoms with Gasteiger partial charge in [0.1, 0.15) is 5.82 Å². The number of carbonyl (C=O) groups excluding carboxylic acids is 1. The number of nitrogens with zero attached hydrogens (tertiary/aromatic N) is 2. The molecule has 0 saturated carbocycles. The molecule has 1 fully saturated rings. The molecule has 0 aromatic heterocycles. The molecule has 0 radical (unpaired) electrons. The van der Waals surface area contributed by atoms with E-state index in [1.54, 1.807) is 23.1 Å². The summed E-state index contributed by atoms with van der Waals surface area (Å²) in [4.78, 5) is 14.0. The lowest BCUT2D eigenvalue weighted by Crippen LogP contribution is -2.50. The quantitative estimate of drug-likeness (QED) is 0.565. The second kappa shape index (κ2) is 10.3. The third-order valence-electron chi connectivity index (χ3n) is 4.94. The molecule has 172 valence electrons. The lowest BCUT2D eigenvalue weighted by molar-refractivity contribution is -0.127. The molecule has 0 aliphatic carbocycles. The van der Waals surface area contributed by atoms with Crippen LogP contribution in [0.3, 0.4) is 0 Å². The van der Waals surface area contributed by atoms with Crippen LogP contribution >= 0.6 is 11.6 Å². The summed E-state index contributed by atoms with van der Waals surface area (Å²) >= 11 is 6.26. The second-order valence-corrected chi connectivity index (χ2v) is 9.33. The van der Waals surface area contributed by atoms with Crippen molar-refractivity contribution in [3.63, 3.8) is 0 Å². The van der Waals surface area contributed by atoms with Crippen molar-refractivity contribution in [2.75, 3.05) is 39.9 Å². The highest BCUT2D eigenvalue weighted by molar-refractivity contribution is 7.89. The molecule has 0 atom stereocenters. The highest BCUT2D eigenvalue weighted by Crippen LogP contribution is 2.36. The summed E-state index contributed by atoms with van der Waals surface area (Å²) in [7, 11) is -2.31. The number of methoxy groups -OCH3 is 1. The van der Waals surface area contributed by atoms with Gasteiger partial charge in [0.2, 0.25) is 15.9 Å². The van der Waals surface area contributed by atoms with Gasteiger partial charge in [-0.25, -0.2) is 12.8 Å². The predicted octanol–water partition coefficient (Wildman–Crippen LogP) is 3.43. The average Bonchev–Trinajstić information content (AvgIpc) is 2.79. The van der Waals surface area contributed by atoms with E-state index < -0.39 is 15.8 Å². The van der Waals surface area contributed by atoms with Gasteiger partial charge >= 0.3 is 0 Å². The molecule has 1 heterocycles. The molecule has 1 aliphatic heterocycles. The number of hydrogen-bond acceptors (Lipinski definition) is 5. The van der Waals surface area contributed by atoms with Crippen molar-refractivity contribution in [2.24, 2.45) is 0 Å². The van der Waals surface area contributed by atoms with Crippen molar-refractivity contribution in [2.45, 2.75) is 11.8 Å². The van der Waals surface area contributed by atoms with Crippen LogP contribution in [0, 0.1) is 5.82 Å². The standard InChI is InChI=1S/C22H24ClFN2O5S/c1-3-31-22-19(23)13-16(14-20(22)30-2)7-8-21(27)25-9-11-26(12-10-25)32(28,29)18-6-4-5-17(24)15-18/h4-8,13-15H,3,9-12H2,1-2H3/b8-7+. The Labute approximate surface area is 192 Å². The van der Waals surface area contributed by atoms with Gasteiger partial charge in [0.25, 0.3) is 0 Å². The number of piperazine rings is 1. The van der Waals surface area contributed by atoms with E-state index >= 15 is 0 Å². The Morgan fingerprint density at radius 2 is 1.91 bits per heavy atom. The van der Waals surface area contributed by atoms with Crippen LogP contribution in [0.1, 0.15) is 12.5 Å². The van der Waals surface area contributed by atoms with E-state index in [1.807, 2.05) is 6.92 Å². The van der Waals surface area contributed by atoms with Gasteiger partial charge in [-0.2, -0.15) is 4.31 Å². The topological polar surface area (TPSA) is 76.2 Å². The van der Waals surface area contributed by atoms with E-state index in [0.717, 1.165) is 6.07 Å². The Bertz CT molecular complexity index is 1120. The Morgan fingerprint density at radius 3 is 2.53 bits per heavy atom. The predicted molar refractivity (Wildman–Crippen MR) is 120 cm³/mol. The fraction of sp³-hybridized carbons (Fsp3) is 0.318. The third kappa shape index (κ3) is 5.40. The largest absolute Gasteiger partial charge is 0.493 e. The van der Waals surface area contributed by atoms with Gasteiger partial charge in [-0.15, -0.1) is 0 Å². The molecule has 0 bridgehead atoms. The molecule has 0 spiro atoms. The molecule has 2 aromatic carbocycles. The fourth-order valence-corrected chi connectivity index (χ4v) is 5.05. The zero-order valence-corrected chi connectivity index (χ0v) is 19.3. The monoisotopic (exact) mass is 482 g/mol. The summed E-state index contributed by atoms with van der Waals surface area (Å²) in [6.45, 7) is 2.98. The maximum Gasteiger partial charge on any atom is 0.246 e. The molecule has 1 amide bonds. The molecule has 0 unspecified atom stereocenters. The number of hydrogen-bond donors (Lipinski definition) is 0. The van der Waals surface area contributed by atoms with Crippen LogP contribution in [0.4, 0.5) is 4.39 Å². The van der Waals surface area contributed by atoms with Crippen molar-refractivity contribution in [1.29, 1.82) is 0 Å². The van der Waals surface area contributed by atoms with E-state index in [1.165, 1.54) is 35.7 Å². The van der Waals surface area contributed by atoms with Crippen LogP contribution in [0.2, 0.25) is 5.02 Å². The smallest absolute Gasteiger partial charge is 0.246 e. The van der Waals surface area contributed by atoms with E-state index in [2.05, 4.69) is 0 Å². The Morgan fingerprint density at radius 1 is 1.19 bits per heavy atom. The number of amides is 1. The molecule has 32 heavy (non-hydrogen) atoms. The van der Waals surface area contributed by atoms with E-state index in [9.17, 15) is 17.6 Å². The zero-order chi connectivity index (χ0) is 23.3. The average molecular weight is 483 g/mol. The van der Waals surface area contributed by atoms with Gasteiger partial charge in [0.05, 0.1) is 23.6 Å². The first-order valence-electron chi connectivity index (χ1n) is 9.99. The summed E-state index contributed by atoms with van der Waals surface area (Å²) in [5.41, 5.74) is 0.663. The minimum absolute atomic E-state index is 0.0986. The molecule has 2 aromatic rings. The fourth-order valence-electron chi connectivity index (χ4n) is 3.32. The number of carbonyl (C=O) groups is 1. The Balaban J connectivity index is 1.65.